The second-order valence-corrected chi connectivity index (χ2v) is 8.54. The summed E-state index contributed by atoms with van der Waals surface area (Å²) in [6.07, 6.45) is 7.43. The molecule has 5 heterocycles. The zero-order chi connectivity index (χ0) is 23.1. The van der Waals surface area contributed by atoms with Crippen molar-refractivity contribution in [2.45, 2.75) is 18.9 Å². The van der Waals surface area contributed by atoms with Crippen LogP contribution >= 0.6 is 0 Å². The minimum atomic E-state index is -0.382. The molecule has 1 fully saturated rings. The van der Waals surface area contributed by atoms with Crippen LogP contribution in [0.1, 0.15) is 18.9 Å². The first-order valence-electron chi connectivity index (χ1n) is 11.3. The van der Waals surface area contributed by atoms with Crippen LogP contribution in [0, 0.1) is 0 Å². The zero-order valence-electron chi connectivity index (χ0n) is 18.7. The second-order valence-electron chi connectivity index (χ2n) is 8.54. The average molecular weight is 454 g/mol. The maximum absolute atomic E-state index is 12.4. The van der Waals surface area contributed by atoms with E-state index in [2.05, 4.69) is 27.3 Å². The van der Waals surface area contributed by atoms with Gasteiger partial charge in [-0.1, -0.05) is 18.2 Å². The predicted octanol–water partition coefficient (Wildman–Crippen LogP) is 2.91. The number of benzene rings is 1. The Bertz CT molecular complexity index is 1550. The van der Waals surface area contributed by atoms with Gasteiger partial charge in [-0.2, -0.15) is 9.61 Å². The van der Waals surface area contributed by atoms with Crippen LogP contribution in [0.3, 0.4) is 0 Å². The van der Waals surface area contributed by atoms with Crippen molar-refractivity contribution in [3.8, 4) is 11.4 Å². The summed E-state index contributed by atoms with van der Waals surface area (Å²) >= 11 is 0. The van der Waals surface area contributed by atoms with Crippen molar-refractivity contribution in [3.05, 3.63) is 71.4 Å². The highest BCUT2D eigenvalue weighted by atomic mass is 16.1. The van der Waals surface area contributed by atoms with Gasteiger partial charge in [0.25, 0.3) is 5.56 Å². The average Bonchev–Trinajstić information content (AvgIpc) is 3.47. The monoisotopic (exact) mass is 453 g/mol. The van der Waals surface area contributed by atoms with Crippen LogP contribution < -0.4 is 10.9 Å². The Labute approximate surface area is 194 Å². The molecular weight excluding hydrogens is 430 g/mol. The van der Waals surface area contributed by atoms with Gasteiger partial charge < -0.3 is 10.2 Å². The lowest BCUT2D eigenvalue weighted by molar-refractivity contribution is 0.212. The van der Waals surface area contributed by atoms with E-state index in [-0.39, 0.29) is 5.56 Å². The molecule has 10 heteroatoms. The van der Waals surface area contributed by atoms with Gasteiger partial charge in [-0.15, -0.1) is 5.10 Å². The van der Waals surface area contributed by atoms with Crippen molar-refractivity contribution < 1.29 is 0 Å². The van der Waals surface area contributed by atoms with E-state index in [4.69, 9.17) is 15.1 Å². The normalized spacial score (nSPS) is 15.2. The van der Waals surface area contributed by atoms with Crippen molar-refractivity contribution in [3.63, 3.8) is 0 Å². The number of anilines is 2. The first-order chi connectivity index (χ1) is 16.7. The Balaban J connectivity index is 1.44. The molecule has 0 atom stereocenters. The topological polar surface area (TPSA) is 106 Å². The van der Waals surface area contributed by atoms with Gasteiger partial charge >= 0.3 is 0 Å². The Morgan fingerprint density at radius 3 is 2.74 bits per heavy atom. The molecule has 0 unspecified atom stereocenters. The fraction of sp³-hybridized carbons (Fsp3) is 0.250. The molecule has 0 spiro atoms. The summed E-state index contributed by atoms with van der Waals surface area (Å²) in [5.74, 6) is 0.944. The van der Waals surface area contributed by atoms with Crippen molar-refractivity contribution in [2.24, 2.45) is 0 Å². The zero-order valence-corrected chi connectivity index (χ0v) is 18.7. The minimum absolute atomic E-state index is 0.307. The summed E-state index contributed by atoms with van der Waals surface area (Å²) in [7, 11) is 2.15. The van der Waals surface area contributed by atoms with Crippen LogP contribution in [-0.4, -0.2) is 59.4 Å². The molecule has 10 nitrogen and oxygen atoms in total. The molecule has 1 saturated heterocycles. The van der Waals surface area contributed by atoms with Crippen molar-refractivity contribution in [2.75, 3.05) is 25.5 Å². The van der Waals surface area contributed by atoms with E-state index in [1.807, 2.05) is 41.3 Å². The highest BCUT2D eigenvalue weighted by molar-refractivity contribution is 5.93. The van der Waals surface area contributed by atoms with Gasteiger partial charge in [-0.05, 0) is 57.2 Å². The number of aromatic nitrogens is 7. The predicted molar refractivity (Wildman–Crippen MR) is 129 cm³/mol. The number of rotatable bonds is 4. The molecule has 5 aromatic rings. The van der Waals surface area contributed by atoms with Gasteiger partial charge in [0, 0.05) is 17.8 Å². The number of hydrogen-bond donors (Lipinski definition) is 1. The maximum Gasteiger partial charge on any atom is 0.293 e. The second kappa shape index (κ2) is 8.31. The van der Waals surface area contributed by atoms with Crippen molar-refractivity contribution >= 4 is 28.2 Å². The summed E-state index contributed by atoms with van der Waals surface area (Å²) in [5.41, 5.74) is 2.17. The SMILES string of the molecule is CN1CCC(n2cc(-c3nc4c5ccccc5nc(Nc5ccccnc5=O)n4n3)cn2)CC1. The molecule has 6 rings (SSSR count). The van der Waals surface area contributed by atoms with Crippen LogP contribution in [0.15, 0.2) is 65.8 Å². The Morgan fingerprint density at radius 2 is 1.85 bits per heavy atom. The Hall–Kier alpha value is -4.18. The van der Waals surface area contributed by atoms with E-state index in [1.165, 1.54) is 6.20 Å². The third-order valence-corrected chi connectivity index (χ3v) is 6.23. The molecule has 0 bridgehead atoms. The van der Waals surface area contributed by atoms with Crippen molar-refractivity contribution in [1.29, 1.82) is 0 Å². The number of para-hydroxylation sites is 1. The molecule has 0 aliphatic carbocycles. The van der Waals surface area contributed by atoms with Crippen LogP contribution in [0.2, 0.25) is 0 Å². The van der Waals surface area contributed by atoms with E-state index in [1.54, 1.807) is 22.7 Å². The molecule has 1 aromatic carbocycles. The van der Waals surface area contributed by atoms with E-state index >= 15 is 0 Å². The van der Waals surface area contributed by atoms with Gasteiger partial charge in [0.2, 0.25) is 5.95 Å². The van der Waals surface area contributed by atoms with Gasteiger partial charge in [-0.3, -0.25) is 9.48 Å². The molecular formula is C24H23N9O. The van der Waals surface area contributed by atoms with Crippen LogP contribution in [-0.2, 0) is 0 Å². The molecule has 0 amide bonds. The molecule has 1 N–H and O–H groups in total. The van der Waals surface area contributed by atoms with E-state index in [0.717, 1.165) is 42.4 Å². The standard InChI is InChI=1S/C24H23N9O/c1-31-12-9-17(10-13-31)32-15-16(14-26-32)21-29-22-18-6-2-3-7-19(18)27-24(33(22)30-21)28-20-8-4-5-11-25-23(20)34/h2-8,11,14-15,17H,9-10,12-13H2,1H3,(H,25,27,28,34). The van der Waals surface area contributed by atoms with Gasteiger partial charge in [0.1, 0.15) is 5.69 Å². The van der Waals surface area contributed by atoms with Crippen LogP contribution in [0.25, 0.3) is 27.9 Å². The van der Waals surface area contributed by atoms with Crippen LogP contribution in [0.5, 0.6) is 0 Å². The number of nitrogens with one attached hydrogen (secondary N) is 1. The smallest absolute Gasteiger partial charge is 0.293 e. The largest absolute Gasteiger partial charge is 0.319 e. The molecule has 4 aromatic heterocycles. The van der Waals surface area contributed by atoms with Crippen LogP contribution in [0.4, 0.5) is 11.6 Å². The lowest BCUT2D eigenvalue weighted by Gasteiger charge is -2.28. The first-order valence-corrected chi connectivity index (χ1v) is 11.3. The number of likely N-dealkylation sites (tertiary alicyclic amines) is 1. The highest BCUT2D eigenvalue weighted by Gasteiger charge is 2.21. The van der Waals surface area contributed by atoms with Gasteiger partial charge in [-0.25, -0.2) is 15.0 Å². The van der Waals surface area contributed by atoms with Crippen molar-refractivity contribution in [1.82, 2.24) is 39.2 Å². The third kappa shape index (κ3) is 3.67. The fourth-order valence-corrected chi connectivity index (χ4v) is 4.34. The summed E-state index contributed by atoms with van der Waals surface area (Å²) in [6, 6.07) is 13.2. The lowest BCUT2D eigenvalue weighted by atomic mass is 10.1. The number of piperidine rings is 1. The number of hydrogen-bond acceptors (Lipinski definition) is 8. The molecule has 170 valence electrons. The van der Waals surface area contributed by atoms with Gasteiger partial charge in [0.15, 0.2) is 11.5 Å². The first kappa shape index (κ1) is 20.4. The summed E-state index contributed by atoms with van der Waals surface area (Å²) in [5, 5.41) is 13.3. The minimum Gasteiger partial charge on any atom is -0.319 e. The Kier molecular flexibility index (Phi) is 4.99. The molecule has 1 aliphatic rings. The number of fused-ring (bicyclic) bond motifs is 3. The van der Waals surface area contributed by atoms with E-state index in [9.17, 15) is 4.79 Å². The maximum atomic E-state index is 12.4. The lowest BCUT2D eigenvalue weighted by Crippen LogP contribution is -2.31. The molecule has 0 radical (unpaired) electrons. The molecule has 1 aliphatic heterocycles. The van der Waals surface area contributed by atoms with E-state index < -0.39 is 0 Å². The molecule has 34 heavy (non-hydrogen) atoms. The Morgan fingerprint density at radius 1 is 1.03 bits per heavy atom. The summed E-state index contributed by atoms with van der Waals surface area (Å²) in [4.78, 5) is 28.1. The summed E-state index contributed by atoms with van der Waals surface area (Å²) < 4.78 is 3.67. The molecule has 0 saturated carbocycles. The quantitative estimate of drug-likeness (QED) is 0.443. The summed E-state index contributed by atoms with van der Waals surface area (Å²) in [6.45, 7) is 2.12. The fourth-order valence-electron chi connectivity index (χ4n) is 4.34. The van der Waals surface area contributed by atoms with Gasteiger partial charge in [0.05, 0.1) is 23.3 Å². The number of nitrogens with zero attached hydrogens (tertiary/aromatic N) is 8. The highest BCUT2D eigenvalue weighted by Crippen LogP contribution is 2.27. The third-order valence-electron chi connectivity index (χ3n) is 6.23. The van der Waals surface area contributed by atoms with E-state index in [0.29, 0.717) is 29.1 Å².